The van der Waals surface area contributed by atoms with E-state index in [4.69, 9.17) is 0 Å². The lowest BCUT2D eigenvalue weighted by Crippen LogP contribution is -2.59. The Morgan fingerprint density at radius 2 is 1.80 bits per heavy atom. The lowest BCUT2D eigenvalue weighted by atomic mass is 10.1. The van der Waals surface area contributed by atoms with E-state index in [1.165, 1.54) is 38.8 Å². The van der Waals surface area contributed by atoms with E-state index in [1.807, 2.05) is 0 Å². The molecule has 1 unspecified atom stereocenters. The molecule has 15 heavy (non-hydrogen) atoms. The van der Waals surface area contributed by atoms with Gasteiger partial charge in [0.05, 0.1) is 19.6 Å². The minimum atomic E-state index is 0.109. The lowest BCUT2D eigenvalue weighted by Gasteiger charge is -2.41. The molecule has 1 fully saturated rings. The van der Waals surface area contributed by atoms with Gasteiger partial charge in [-0.05, 0) is 39.5 Å². The molecule has 0 spiro atoms. The van der Waals surface area contributed by atoms with Crippen molar-refractivity contribution in [3.63, 3.8) is 0 Å². The van der Waals surface area contributed by atoms with Crippen LogP contribution in [0.4, 0.5) is 0 Å². The van der Waals surface area contributed by atoms with Gasteiger partial charge in [-0.2, -0.15) is 0 Å². The highest BCUT2D eigenvalue weighted by molar-refractivity contribution is 5.79. The summed E-state index contributed by atoms with van der Waals surface area (Å²) in [5.74, 6) is 0.193. The molecule has 1 rings (SSSR count). The Morgan fingerprint density at radius 3 is 2.20 bits per heavy atom. The Kier molecular flexibility index (Phi) is 4.58. The van der Waals surface area contributed by atoms with E-state index >= 15 is 0 Å². The average molecular weight is 213 g/mol. The fraction of sp³-hybridized carbons (Fsp3) is 0.917. The number of carbonyl (C=O) groups excluding carboxylic acids is 1. The first-order valence-electron chi connectivity index (χ1n) is 6.23. The van der Waals surface area contributed by atoms with E-state index in [-0.39, 0.29) is 11.9 Å². The molecule has 0 aromatic rings. The highest BCUT2D eigenvalue weighted by Gasteiger charge is 2.36. The molecule has 1 aliphatic rings. The SMILES string of the molecule is CC[N+]1(C(C)C(=O)NC)CCCCCC1. The maximum Gasteiger partial charge on any atom is 0.277 e. The van der Waals surface area contributed by atoms with Crippen molar-refractivity contribution >= 4 is 5.91 Å². The molecule has 1 amide bonds. The van der Waals surface area contributed by atoms with E-state index in [1.54, 1.807) is 7.05 Å². The van der Waals surface area contributed by atoms with E-state index in [0.29, 0.717) is 0 Å². The van der Waals surface area contributed by atoms with Gasteiger partial charge in [-0.3, -0.25) is 4.79 Å². The van der Waals surface area contributed by atoms with Crippen LogP contribution in [0.5, 0.6) is 0 Å². The fourth-order valence-electron chi connectivity index (χ4n) is 2.75. The molecule has 0 aliphatic carbocycles. The van der Waals surface area contributed by atoms with Gasteiger partial charge in [0.2, 0.25) is 0 Å². The van der Waals surface area contributed by atoms with Gasteiger partial charge in [0.1, 0.15) is 0 Å². The third-order valence-corrected chi connectivity index (χ3v) is 4.03. The molecule has 1 saturated heterocycles. The normalized spacial score (nSPS) is 22.9. The Balaban J connectivity index is 2.76. The second kappa shape index (κ2) is 5.50. The molecule has 88 valence electrons. The highest BCUT2D eigenvalue weighted by atomic mass is 16.2. The summed E-state index contributed by atoms with van der Waals surface area (Å²) in [4.78, 5) is 11.8. The van der Waals surface area contributed by atoms with Gasteiger partial charge in [0.15, 0.2) is 6.04 Å². The van der Waals surface area contributed by atoms with Gasteiger partial charge in [-0.15, -0.1) is 0 Å². The van der Waals surface area contributed by atoms with E-state index in [9.17, 15) is 4.79 Å². The van der Waals surface area contributed by atoms with E-state index < -0.39 is 0 Å². The average Bonchev–Trinajstić information content (AvgIpc) is 2.53. The number of nitrogens with zero attached hydrogens (tertiary/aromatic N) is 1. The molecular formula is C12H25N2O+. The number of quaternary nitrogens is 1. The van der Waals surface area contributed by atoms with Crippen molar-refractivity contribution in [1.29, 1.82) is 0 Å². The number of likely N-dealkylation sites (tertiary alicyclic amines) is 1. The highest BCUT2D eigenvalue weighted by Crippen LogP contribution is 2.22. The molecule has 1 N–H and O–H groups in total. The van der Waals surface area contributed by atoms with Gasteiger partial charge < -0.3 is 9.80 Å². The van der Waals surface area contributed by atoms with Crippen LogP contribution in [0.25, 0.3) is 0 Å². The Morgan fingerprint density at radius 1 is 1.27 bits per heavy atom. The van der Waals surface area contributed by atoms with Crippen molar-refractivity contribution in [3.05, 3.63) is 0 Å². The van der Waals surface area contributed by atoms with Gasteiger partial charge >= 0.3 is 0 Å². The third kappa shape index (κ3) is 2.71. The fourth-order valence-corrected chi connectivity index (χ4v) is 2.75. The molecule has 0 aromatic carbocycles. The second-order valence-corrected chi connectivity index (χ2v) is 4.69. The summed E-state index contributed by atoms with van der Waals surface area (Å²) < 4.78 is 0.986. The van der Waals surface area contributed by atoms with Crippen LogP contribution >= 0.6 is 0 Å². The molecular weight excluding hydrogens is 188 g/mol. The van der Waals surface area contributed by atoms with Crippen LogP contribution in [0.3, 0.4) is 0 Å². The number of likely N-dealkylation sites (N-methyl/N-ethyl adjacent to an activating group) is 2. The topological polar surface area (TPSA) is 29.1 Å². The number of amides is 1. The maximum atomic E-state index is 11.8. The first-order valence-corrected chi connectivity index (χ1v) is 6.23. The largest absolute Gasteiger partial charge is 0.354 e. The zero-order valence-electron chi connectivity index (χ0n) is 10.4. The van der Waals surface area contributed by atoms with Crippen molar-refractivity contribution in [2.45, 2.75) is 45.6 Å². The molecule has 1 atom stereocenters. The van der Waals surface area contributed by atoms with Crippen LogP contribution in [0.2, 0.25) is 0 Å². The molecule has 3 nitrogen and oxygen atoms in total. The summed E-state index contributed by atoms with van der Waals surface area (Å²) in [6, 6.07) is 0.109. The molecule has 1 aliphatic heterocycles. The number of hydrogen-bond acceptors (Lipinski definition) is 1. The summed E-state index contributed by atoms with van der Waals surface area (Å²) in [6.45, 7) is 7.71. The quantitative estimate of drug-likeness (QED) is 0.708. The van der Waals surface area contributed by atoms with Gasteiger partial charge in [0, 0.05) is 7.05 Å². The number of rotatable bonds is 3. The number of nitrogens with one attached hydrogen (secondary N) is 1. The van der Waals surface area contributed by atoms with Gasteiger partial charge in [-0.25, -0.2) is 0 Å². The zero-order chi connectivity index (χ0) is 11.3. The Hall–Kier alpha value is -0.570. The Bertz CT molecular complexity index is 208. The van der Waals surface area contributed by atoms with Crippen LogP contribution < -0.4 is 5.32 Å². The predicted octanol–water partition coefficient (Wildman–Crippen LogP) is 1.53. The Labute approximate surface area is 93.4 Å². The zero-order valence-corrected chi connectivity index (χ0v) is 10.4. The molecule has 3 heteroatoms. The van der Waals surface area contributed by atoms with Crippen LogP contribution in [-0.2, 0) is 4.79 Å². The summed E-state index contributed by atoms with van der Waals surface area (Å²) in [6.07, 6.45) is 5.21. The van der Waals surface area contributed by atoms with Crippen LogP contribution in [0.15, 0.2) is 0 Å². The predicted molar refractivity (Wildman–Crippen MR) is 62.5 cm³/mol. The van der Waals surface area contributed by atoms with Crippen molar-refractivity contribution in [1.82, 2.24) is 5.32 Å². The summed E-state index contributed by atoms with van der Waals surface area (Å²) in [5, 5.41) is 2.79. The maximum absolute atomic E-state index is 11.8. The first kappa shape index (κ1) is 12.5. The monoisotopic (exact) mass is 213 g/mol. The van der Waals surface area contributed by atoms with Gasteiger partial charge in [-0.1, -0.05) is 0 Å². The summed E-state index contributed by atoms with van der Waals surface area (Å²) >= 11 is 0. The molecule has 0 bridgehead atoms. The minimum Gasteiger partial charge on any atom is -0.354 e. The van der Waals surface area contributed by atoms with Crippen molar-refractivity contribution in [3.8, 4) is 0 Å². The van der Waals surface area contributed by atoms with Crippen molar-refractivity contribution < 1.29 is 9.28 Å². The standard InChI is InChI=1S/C12H24N2O/c1-4-14(11(2)12(15)13-3)9-7-5-6-8-10-14/h11H,4-10H2,1-3H3/p+1. The van der Waals surface area contributed by atoms with E-state index in [0.717, 1.165) is 11.0 Å². The lowest BCUT2D eigenvalue weighted by molar-refractivity contribution is -0.938. The molecule has 0 radical (unpaired) electrons. The van der Waals surface area contributed by atoms with Gasteiger partial charge in [0.25, 0.3) is 5.91 Å². The molecule has 1 heterocycles. The number of carbonyl (C=O) groups is 1. The van der Waals surface area contributed by atoms with Crippen LogP contribution in [0.1, 0.15) is 39.5 Å². The van der Waals surface area contributed by atoms with Crippen molar-refractivity contribution in [2.75, 3.05) is 26.7 Å². The molecule has 0 aromatic heterocycles. The number of hydrogen-bond donors (Lipinski definition) is 1. The second-order valence-electron chi connectivity index (χ2n) is 4.69. The molecule has 0 saturated carbocycles. The smallest absolute Gasteiger partial charge is 0.277 e. The van der Waals surface area contributed by atoms with Crippen LogP contribution in [-0.4, -0.2) is 43.1 Å². The van der Waals surface area contributed by atoms with E-state index in [2.05, 4.69) is 19.2 Å². The summed E-state index contributed by atoms with van der Waals surface area (Å²) in [7, 11) is 1.74. The van der Waals surface area contributed by atoms with Crippen molar-refractivity contribution in [2.24, 2.45) is 0 Å². The van der Waals surface area contributed by atoms with Crippen LogP contribution in [0, 0.1) is 0 Å². The first-order chi connectivity index (χ1) is 7.16. The summed E-state index contributed by atoms with van der Waals surface area (Å²) in [5.41, 5.74) is 0. The third-order valence-electron chi connectivity index (χ3n) is 4.03. The minimum absolute atomic E-state index is 0.109.